The van der Waals surface area contributed by atoms with Gasteiger partial charge in [0.2, 0.25) is 0 Å². The Balaban J connectivity index is 1.46. The van der Waals surface area contributed by atoms with Crippen molar-refractivity contribution in [1.82, 2.24) is 5.32 Å². The zero-order chi connectivity index (χ0) is 18.7. The maximum Gasteiger partial charge on any atom is 0.251 e. The van der Waals surface area contributed by atoms with Gasteiger partial charge in [-0.3, -0.25) is 4.79 Å². The average molecular weight is 360 g/mol. The second-order valence-corrected chi connectivity index (χ2v) is 6.16. The van der Waals surface area contributed by atoms with Gasteiger partial charge in [-0.2, -0.15) is 0 Å². The first-order valence-corrected chi connectivity index (χ1v) is 9.16. The standard InChI is InChI=1S/C23H24N2O2/c26-23(25-17-9-16-24-20-11-3-1-4-12-20)22-15-8-7-10-19(22)18-27-21-13-5-2-6-14-21/h1-8,10-15,24H,9,16-18H2,(H,25,26). The van der Waals surface area contributed by atoms with Crippen molar-refractivity contribution in [3.05, 3.63) is 96.1 Å². The fourth-order valence-electron chi connectivity index (χ4n) is 2.72. The monoisotopic (exact) mass is 360 g/mol. The van der Waals surface area contributed by atoms with Crippen LogP contribution in [0.4, 0.5) is 5.69 Å². The van der Waals surface area contributed by atoms with E-state index in [0.717, 1.165) is 30.0 Å². The van der Waals surface area contributed by atoms with Crippen LogP contribution >= 0.6 is 0 Å². The van der Waals surface area contributed by atoms with Crippen LogP contribution in [-0.4, -0.2) is 19.0 Å². The molecule has 3 rings (SSSR count). The van der Waals surface area contributed by atoms with Crippen molar-refractivity contribution in [3.8, 4) is 5.75 Å². The Kier molecular flexibility index (Phi) is 6.87. The van der Waals surface area contributed by atoms with Crippen LogP contribution in [0.15, 0.2) is 84.9 Å². The van der Waals surface area contributed by atoms with E-state index in [0.29, 0.717) is 18.7 Å². The molecule has 27 heavy (non-hydrogen) atoms. The van der Waals surface area contributed by atoms with Gasteiger partial charge < -0.3 is 15.4 Å². The molecule has 2 N–H and O–H groups in total. The van der Waals surface area contributed by atoms with Crippen molar-refractivity contribution >= 4 is 11.6 Å². The van der Waals surface area contributed by atoms with Gasteiger partial charge in [-0.05, 0) is 36.8 Å². The third-order valence-electron chi connectivity index (χ3n) is 4.14. The summed E-state index contributed by atoms with van der Waals surface area (Å²) in [6.07, 6.45) is 0.851. The summed E-state index contributed by atoms with van der Waals surface area (Å²) < 4.78 is 5.78. The molecule has 0 radical (unpaired) electrons. The van der Waals surface area contributed by atoms with E-state index in [1.165, 1.54) is 0 Å². The fourth-order valence-corrected chi connectivity index (χ4v) is 2.72. The van der Waals surface area contributed by atoms with Gasteiger partial charge in [0, 0.05) is 29.9 Å². The van der Waals surface area contributed by atoms with Gasteiger partial charge >= 0.3 is 0 Å². The van der Waals surface area contributed by atoms with Crippen molar-refractivity contribution in [3.63, 3.8) is 0 Å². The molecule has 4 heteroatoms. The van der Waals surface area contributed by atoms with E-state index in [-0.39, 0.29) is 5.91 Å². The van der Waals surface area contributed by atoms with Crippen LogP contribution in [0.5, 0.6) is 5.75 Å². The van der Waals surface area contributed by atoms with Crippen LogP contribution in [0.1, 0.15) is 22.3 Å². The van der Waals surface area contributed by atoms with E-state index in [1.54, 1.807) is 0 Å². The molecular formula is C23H24N2O2. The van der Waals surface area contributed by atoms with Gasteiger partial charge in [-0.1, -0.05) is 54.6 Å². The number of anilines is 1. The average Bonchev–Trinajstić information content (AvgIpc) is 2.73. The number of para-hydroxylation sites is 2. The van der Waals surface area contributed by atoms with Crippen molar-refractivity contribution in [2.24, 2.45) is 0 Å². The molecule has 0 saturated heterocycles. The Labute approximate surface area is 160 Å². The number of benzene rings is 3. The molecular weight excluding hydrogens is 336 g/mol. The highest BCUT2D eigenvalue weighted by molar-refractivity contribution is 5.95. The van der Waals surface area contributed by atoms with E-state index in [9.17, 15) is 4.79 Å². The summed E-state index contributed by atoms with van der Waals surface area (Å²) in [6, 6.07) is 27.2. The normalized spacial score (nSPS) is 10.2. The lowest BCUT2D eigenvalue weighted by molar-refractivity contribution is 0.0951. The molecule has 4 nitrogen and oxygen atoms in total. The summed E-state index contributed by atoms with van der Waals surface area (Å²) in [5, 5.41) is 6.33. The minimum absolute atomic E-state index is 0.0676. The predicted octanol–water partition coefficient (Wildman–Crippen LogP) is 4.50. The smallest absolute Gasteiger partial charge is 0.251 e. The third kappa shape index (κ3) is 5.89. The number of nitrogens with one attached hydrogen (secondary N) is 2. The predicted molar refractivity (Wildman–Crippen MR) is 109 cm³/mol. The van der Waals surface area contributed by atoms with Gasteiger partial charge in [-0.15, -0.1) is 0 Å². The first-order chi connectivity index (χ1) is 13.3. The van der Waals surface area contributed by atoms with E-state index in [1.807, 2.05) is 84.9 Å². The molecule has 0 spiro atoms. The zero-order valence-corrected chi connectivity index (χ0v) is 15.2. The van der Waals surface area contributed by atoms with Gasteiger partial charge in [0.15, 0.2) is 0 Å². The molecule has 1 amide bonds. The topological polar surface area (TPSA) is 50.4 Å². The molecule has 0 unspecified atom stereocenters. The second-order valence-electron chi connectivity index (χ2n) is 6.16. The molecule has 0 aliphatic rings. The number of carbonyl (C=O) groups is 1. The van der Waals surface area contributed by atoms with Crippen LogP contribution in [-0.2, 0) is 6.61 Å². The number of hydrogen-bond acceptors (Lipinski definition) is 3. The van der Waals surface area contributed by atoms with E-state index in [2.05, 4.69) is 10.6 Å². The van der Waals surface area contributed by atoms with Crippen molar-refractivity contribution in [2.75, 3.05) is 18.4 Å². The van der Waals surface area contributed by atoms with Gasteiger partial charge in [0.05, 0.1) is 0 Å². The molecule has 0 aromatic heterocycles. The highest BCUT2D eigenvalue weighted by atomic mass is 16.5. The minimum atomic E-state index is -0.0676. The maximum absolute atomic E-state index is 12.5. The van der Waals surface area contributed by atoms with Gasteiger partial charge in [0.25, 0.3) is 5.91 Å². The van der Waals surface area contributed by atoms with Gasteiger partial charge in [-0.25, -0.2) is 0 Å². The Bertz CT molecular complexity index is 835. The zero-order valence-electron chi connectivity index (χ0n) is 15.2. The highest BCUT2D eigenvalue weighted by Gasteiger charge is 2.10. The lowest BCUT2D eigenvalue weighted by atomic mass is 10.1. The number of amides is 1. The lowest BCUT2D eigenvalue weighted by Crippen LogP contribution is -2.27. The summed E-state index contributed by atoms with van der Waals surface area (Å²) >= 11 is 0. The molecule has 0 bridgehead atoms. The molecule has 138 valence electrons. The highest BCUT2D eigenvalue weighted by Crippen LogP contribution is 2.14. The summed E-state index contributed by atoms with van der Waals surface area (Å²) in [5.74, 6) is 0.724. The van der Waals surface area contributed by atoms with Crippen molar-refractivity contribution in [1.29, 1.82) is 0 Å². The third-order valence-corrected chi connectivity index (χ3v) is 4.14. The number of carbonyl (C=O) groups excluding carboxylic acids is 1. The van der Waals surface area contributed by atoms with Crippen LogP contribution in [0.25, 0.3) is 0 Å². The molecule has 0 heterocycles. The first kappa shape index (κ1) is 18.5. The first-order valence-electron chi connectivity index (χ1n) is 9.16. The lowest BCUT2D eigenvalue weighted by Gasteiger charge is -2.12. The molecule has 3 aromatic rings. The molecule has 0 saturated carbocycles. The largest absolute Gasteiger partial charge is 0.489 e. The quantitative estimate of drug-likeness (QED) is 0.553. The van der Waals surface area contributed by atoms with Crippen molar-refractivity contribution in [2.45, 2.75) is 13.0 Å². The molecule has 0 fully saturated rings. The number of hydrogen-bond donors (Lipinski definition) is 2. The fraction of sp³-hybridized carbons (Fsp3) is 0.174. The van der Waals surface area contributed by atoms with E-state index < -0.39 is 0 Å². The Morgan fingerprint density at radius 2 is 1.44 bits per heavy atom. The summed E-state index contributed by atoms with van der Waals surface area (Å²) in [6.45, 7) is 1.79. The number of ether oxygens (including phenoxy) is 1. The Hall–Kier alpha value is -3.27. The van der Waals surface area contributed by atoms with Gasteiger partial charge in [0.1, 0.15) is 12.4 Å². The van der Waals surface area contributed by atoms with Crippen LogP contribution in [0, 0.1) is 0 Å². The van der Waals surface area contributed by atoms with Crippen LogP contribution in [0.3, 0.4) is 0 Å². The molecule has 3 aromatic carbocycles. The van der Waals surface area contributed by atoms with Crippen molar-refractivity contribution < 1.29 is 9.53 Å². The SMILES string of the molecule is O=C(NCCCNc1ccccc1)c1ccccc1COc1ccccc1. The maximum atomic E-state index is 12.5. The van der Waals surface area contributed by atoms with Crippen LogP contribution in [0.2, 0.25) is 0 Å². The Morgan fingerprint density at radius 1 is 0.778 bits per heavy atom. The summed E-state index contributed by atoms with van der Waals surface area (Å²) in [7, 11) is 0. The molecule has 0 aliphatic heterocycles. The molecule has 0 aliphatic carbocycles. The summed E-state index contributed by atoms with van der Waals surface area (Å²) in [5.41, 5.74) is 2.62. The molecule has 0 atom stereocenters. The Morgan fingerprint density at radius 3 is 2.22 bits per heavy atom. The van der Waals surface area contributed by atoms with E-state index in [4.69, 9.17) is 4.74 Å². The van der Waals surface area contributed by atoms with E-state index >= 15 is 0 Å². The number of rotatable bonds is 9. The minimum Gasteiger partial charge on any atom is -0.489 e. The second kappa shape index (κ2) is 10.0. The summed E-state index contributed by atoms with van der Waals surface area (Å²) in [4.78, 5) is 12.5. The van der Waals surface area contributed by atoms with Crippen LogP contribution < -0.4 is 15.4 Å².